The number of H-pyrrole nitrogens is 1. The summed E-state index contributed by atoms with van der Waals surface area (Å²) < 4.78 is 29.7. The van der Waals surface area contributed by atoms with E-state index in [1.54, 1.807) is 24.3 Å². The predicted octanol–water partition coefficient (Wildman–Crippen LogP) is 3.98. The molecule has 2 aromatic carbocycles. The molecular formula is C22H23N3O4S. The van der Waals surface area contributed by atoms with Gasteiger partial charge in [0.05, 0.1) is 22.8 Å². The Hall–Kier alpha value is -3.13. The fourth-order valence-corrected chi connectivity index (χ4v) is 4.38. The van der Waals surface area contributed by atoms with E-state index in [0.717, 1.165) is 17.3 Å². The standard InChI is InChI=1S/C22H23N3O4S/c1-13(2)19(21-23-16-9-5-6-10-17(16)24-21)25-22(26)20-15(12-30(3,27)28)14-8-4-7-11-18(14)29-20/h4-11,13,19H,12H2,1-3H3,(H,23,24)(H,25,26). The third-order valence-corrected chi connectivity index (χ3v) is 5.78. The number of amides is 1. The highest BCUT2D eigenvalue weighted by molar-refractivity contribution is 7.89. The predicted molar refractivity (Wildman–Crippen MR) is 116 cm³/mol. The first-order valence-corrected chi connectivity index (χ1v) is 11.7. The maximum absolute atomic E-state index is 13.2. The molecule has 1 amide bonds. The molecule has 8 heteroatoms. The second-order valence-corrected chi connectivity index (χ2v) is 9.95. The Kier molecular flexibility index (Phi) is 5.11. The maximum atomic E-state index is 13.2. The summed E-state index contributed by atoms with van der Waals surface area (Å²) in [5.74, 6) is -0.0472. The quantitative estimate of drug-likeness (QED) is 0.486. The fraction of sp³-hybridized carbons (Fsp3) is 0.273. The number of fused-ring (bicyclic) bond motifs is 2. The van der Waals surface area contributed by atoms with Crippen LogP contribution in [0.3, 0.4) is 0 Å². The molecule has 0 aliphatic carbocycles. The second kappa shape index (κ2) is 7.60. The van der Waals surface area contributed by atoms with Crippen molar-refractivity contribution in [2.24, 2.45) is 5.92 Å². The average molecular weight is 426 g/mol. The number of carbonyl (C=O) groups excluding carboxylic acids is 1. The smallest absolute Gasteiger partial charge is 0.287 e. The third kappa shape index (κ3) is 3.95. The SMILES string of the molecule is CC(C)C(NC(=O)c1oc2ccccc2c1CS(C)(=O)=O)c1nc2ccccc2[nH]1. The Morgan fingerprint density at radius 3 is 2.53 bits per heavy atom. The van der Waals surface area contributed by atoms with Crippen molar-refractivity contribution < 1.29 is 17.6 Å². The first-order chi connectivity index (χ1) is 14.2. The molecule has 1 atom stereocenters. The van der Waals surface area contributed by atoms with Crippen LogP contribution in [0.4, 0.5) is 0 Å². The van der Waals surface area contributed by atoms with Crippen LogP contribution in [0.1, 0.15) is 41.8 Å². The molecule has 7 nitrogen and oxygen atoms in total. The summed E-state index contributed by atoms with van der Waals surface area (Å²) >= 11 is 0. The summed E-state index contributed by atoms with van der Waals surface area (Å²) in [5, 5.41) is 3.60. The van der Waals surface area contributed by atoms with E-state index in [1.807, 2.05) is 38.1 Å². The molecule has 0 bridgehead atoms. The summed E-state index contributed by atoms with van der Waals surface area (Å²) in [6, 6.07) is 14.3. The van der Waals surface area contributed by atoms with Crippen molar-refractivity contribution >= 4 is 37.7 Å². The lowest BCUT2D eigenvalue weighted by atomic mass is 10.0. The lowest BCUT2D eigenvalue weighted by Crippen LogP contribution is -2.33. The molecule has 4 aromatic rings. The average Bonchev–Trinajstić information content (AvgIpc) is 3.26. The summed E-state index contributed by atoms with van der Waals surface area (Å²) in [7, 11) is -3.37. The van der Waals surface area contributed by atoms with E-state index in [0.29, 0.717) is 22.4 Å². The van der Waals surface area contributed by atoms with Gasteiger partial charge in [0, 0.05) is 17.2 Å². The van der Waals surface area contributed by atoms with Gasteiger partial charge in [0.1, 0.15) is 11.4 Å². The normalized spacial score (nSPS) is 13.2. The summed E-state index contributed by atoms with van der Waals surface area (Å²) in [6.07, 6.45) is 1.14. The van der Waals surface area contributed by atoms with E-state index in [1.165, 1.54) is 0 Å². The van der Waals surface area contributed by atoms with Crippen LogP contribution in [0.2, 0.25) is 0 Å². The van der Waals surface area contributed by atoms with Gasteiger partial charge in [0.2, 0.25) is 0 Å². The minimum absolute atomic E-state index is 0.0170. The first kappa shape index (κ1) is 20.2. The molecular weight excluding hydrogens is 402 g/mol. The topological polar surface area (TPSA) is 105 Å². The lowest BCUT2D eigenvalue weighted by Gasteiger charge is -2.20. The van der Waals surface area contributed by atoms with Crippen LogP contribution in [0.5, 0.6) is 0 Å². The van der Waals surface area contributed by atoms with Crippen molar-refractivity contribution in [2.75, 3.05) is 6.26 Å². The number of nitrogens with zero attached hydrogens (tertiary/aromatic N) is 1. The van der Waals surface area contributed by atoms with Gasteiger partial charge < -0.3 is 14.7 Å². The Bertz CT molecular complexity index is 1300. The molecule has 2 aromatic heterocycles. The molecule has 30 heavy (non-hydrogen) atoms. The Labute approximate surface area is 174 Å². The summed E-state index contributed by atoms with van der Waals surface area (Å²) in [4.78, 5) is 21.1. The molecule has 0 saturated heterocycles. The number of benzene rings is 2. The molecule has 2 N–H and O–H groups in total. The van der Waals surface area contributed by atoms with Gasteiger partial charge in [0.25, 0.3) is 5.91 Å². The first-order valence-electron chi connectivity index (χ1n) is 9.66. The van der Waals surface area contributed by atoms with E-state index >= 15 is 0 Å². The van der Waals surface area contributed by atoms with Gasteiger partial charge in [0.15, 0.2) is 15.6 Å². The van der Waals surface area contributed by atoms with Crippen molar-refractivity contribution in [3.8, 4) is 0 Å². The van der Waals surface area contributed by atoms with Crippen molar-refractivity contribution in [3.05, 3.63) is 65.7 Å². The molecule has 2 heterocycles. The Morgan fingerprint density at radius 1 is 1.13 bits per heavy atom. The van der Waals surface area contributed by atoms with Gasteiger partial charge in [-0.25, -0.2) is 13.4 Å². The van der Waals surface area contributed by atoms with Crippen LogP contribution < -0.4 is 5.32 Å². The molecule has 0 aliphatic heterocycles. The zero-order chi connectivity index (χ0) is 21.5. The number of carbonyl (C=O) groups is 1. The Balaban J connectivity index is 1.72. The largest absolute Gasteiger partial charge is 0.451 e. The van der Waals surface area contributed by atoms with Crippen LogP contribution >= 0.6 is 0 Å². The highest BCUT2D eigenvalue weighted by atomic mass is 32.2. The van der Waals surface area contributed by atoms with E-state index in [-0.39, 0.29) is 17.4 Å². The number of imidazole rings is 1. The summed E-state index contributed by atoms with van der Waals surface area (Å²) in [6.45, 7) is 3.96. The molecule has 0 fully saturated rings. The van der Waals surface area contributed by atoms with Crippen molar-refractivity contribution in [1.29, 1.82) is 0 Å². The highest BCUT2D eigenvalue weighted by Gasteiger charge is 2.28. The number of hydrogen-bond donors (Lipinski definition) is 2. The van der Waals surface area contributed by atoms with E-state index in [9.17, 15) is 13.2 Å². The van der Waals surface area contributed by atoms with E-state index < -0.39 is 21.8 Å². The Morgan fingerprint density at radius 2 is 1.83 bits per heavy atom. The van der Waals surface area contributed by atoms with Crippen LogP contribution in [-0.4, -0.2) is 30.5 Å². The number of sulfone groups is 1. The monoisotopic (exact) mass is 425 g/mol. The van der Waals surface area contributed by atoms with Crippen LogP contribution in [0, 0.1) is 5.92 Å². The second-order valence-electron chi connectivity index (χ2n) is 7.81. The zero-order valence-corrected chi connectivity index (χ0v) is 17.8. The van der Waals surface area contributed by atoms with Gasteiger partial charge in [-0.1, -0.05) is 44.2 Å². The van der Waals surface area contributed by atoms with Gasteiger partial charge in [-0.15, -0.1) is 0 Å². The van der Waals surface area contributed by atoms with E-state index in [4.69, 9.17) is 4.42 Å². The van der Waals surface area contributed by atoms with E-state index in [2.05, 4.69) is 15.3 Å². The van der Waals surface area contributed by atoms with Crippen LogP contribution in [0.25, 0.3) is 22.0 Å². The number of aromatic amines is 1. The maximum Gasteiger partial charge on any atom is 0.287 e. The molecule has 0 saturated carbocycles. The minimum Gasteiger partial charge on any atom is -0.451 e. The fourth-order valence-electron chi connectivity index (χ4n) is 3.57. The van der Waals surface area contributed by atoms with Gasteiger partial charge in [-0.05, 0) is 24.1 Å². The van der Waals surface area contributed by atoms with Gasteiger partial charge >= 0.3 is 0 Å². The number of nitrogens with one attached hydrogen (secondary N) is 2. The number of para-hydroxylation sites is 3. The highest BCUT2D eigenvalue weighted by Crippen LogP contribution is 2.29. The molecule has 4 rings (SSSR count). The van der Waals surface area contributed by atoms with Crippen LogP contribution in [0.15, 0.2) is 52.9 Å². The number of furan rings is 1. The van der Waals surface area contributed by atoms with Crippen LogP contribution in [-0.2, 0) is 15.6 Å². The molecule has 0 radical (unpaired) electrons. The lowest BCUT2D eigenvalue weighted by molar-refractivity contribution is 0.0896. The molecule has 0 spiro atoms. The number of aromatic nitrogens is 2. The number of rotatable bonds is 6. The zero-order valence-electron chi connectivity index (χ0n) is 17.0. The van der Waals surface area contributed by atoms with Gasteiger partial charge in [-0.2, -0.15) is 0 Å². The summed E-state index contributed by atoms with van der Waals surface area (Å²) in [5.41, 5.74) is 2.55. The minimum atomic E-state index is -3.37. The molecule has 1 unspecified atom stereocenters. The third-order valence-electron chi connectivity index (χ3n) is 4.97. The van der Waals surface area contributed by atoms with Crippen molar-refractivity contribution in [1.82, 2.24) is 15.3 Å². The molecule has 156 valence electrons. The molecule has 0 aliphatic rings. The number of hydrogen-bond acceptors (Lipinski definition) is 5. The van der Waals surface area contributed by atoms with Crippen molar-refractivity contribution in [2.45, 2.75) is 25.6 Å². The van der Waals surface area contributed by atoms with Crippen molar-refractivity contribution in [3.63, 3.8) is 0 Å². The van der Waals surface area contributed by atoms with Gasteiger partial charge in [-0.3, -0.25) is 4.79 Å².